The molecule has 1 aliphatic heterocycles. The maximum Gasteiger partial charge on any atom is 0.243 e. The number of nitrogens with one attached hydrogen (secondary N) is 1. The number of rotatable bonds is 3. The third kappa shape index (κ3) is 4.92. The van der Waals surface area contributed by atoms with Gasteiger partial charge in [-0.05, 0) is 24.2 Å². The molecule has 0 aliphatic carbocycles. The number of halogens is 1. The number of carbonyl (C=O) groups excluding carboxylic acids is 1. The summed E-state index contributed by atoms with van der Waals surface area (Å²) in [4.78, 5) is 17.6. The van der Waals surface area contributed by atoms with E-state index in [2.05, 4.69) is 31.1 Å². The second-order valence-corrected chi connectivity index (χ2v) is 7.28. The SMILES string of the molecule is CC(C)(C)c1cnc(NC(=O)C(N)C2CCOCC2)s1.Cl. The Bertz CT molecular complexity index is 467. The molecule has 1 fully saturated rings. The van der Waals surface area contributed by atoms with Crippen molar-refractivity contribution in [2.75, 3.05) is 18.5 Å². The summed E-state index contributed by atoms with van der Waals surface area (Å²) in [6.07, 6.45) is 3.51. The molecule has 1 unspecified atom stereocenters. The molecule has 2 rings (SSSR count). The van der Waals surface area contributed by atoms with Gasteiger partial charge in [-0.3, -0.25) is 4.79 Å². The Morgan fingerprint density at radius 2 is 2.10 bits per heavy atom. The minimum absolute atomic E-state index is 0. The highest BCUT2D eigenvalue weighted by atomic mass is 35.5. The first-order chi connectivity index (χ1) is 9.38. The average molecular weight is 334 g/mol. The van der Waals surface area contributed by atoms with Gasteiger partial charge < -0.3 is 15.8 Å². The average Bonchev–Trinajstić information content (AvgIpc) is 2.87. The van der Waals surface area contributed by atoms with Gasteiger partial charge in [0.2, 0.25) is 5.91 Å². The molecular formula is C14H24ClN3O2S. The fourth-order valence-electron chi connectivity index (χ4n) is 2.16. The number of amides is 1. The zero-order valence-corrected chi connectivity index (χ0v) is 14.4. The first kappa shape index (κ1) is 18.4. The summed E-state index contributed by atoms with van der Waals surface area (Å²) in [7, 11) is 0. The largest absolute Gasteiger partial charge is 0.381 e. The van der Waals surface area contributed by atoms with Crippen LogP contribution >= 0.6 is 23.7 Å². The Balaban J connectivity index is 0.00000220. The van der Waals surface area contributed by atoms with Crippen LogP contribution in [0.4, 0.5) is 5.13 Å². The molecule has 120 valence electrons. The van der Waals surface area contributed by atoms with Crippen LogP contribution in [0.5, 0.6) is 0 Å². The minimum Gasteiger partial charge on any atom is -0.381 e. The van der Waals surface area contributed by atoms with E-state index in [0.29, 0.717) is 18.3 Å². The smallest absolute Gasteiger partial charge is 0.243 e. The van der Waals surface area contributed by atoms with Crippen LogP contribution in [0, 0.1) is 5.92 Å². The zero-order valence-electron chi connectivity index (χ0n) is 12.7. The third-order valence-corrected chi connectivity index (χ3v) is 4.89. The van der Waals surface area contributed by atoms with E-state index in [-0.39, 0.29) is 29.6 Å². The van der Waals surface area contributed by atoms with Crippen LogP contribution in [0.25, 0.3) is 0 Å². The van der Waals surface area contributed by atoms with Crippen molar-refractivity contribution < 1.29 is 9.53 Å². The third-order valence-electron chi connectivity index (χ3n) is 3.55. The van der Waals surface area contributed by atoms with Gasteiger partial charge in [-0.2, -0.15) is 0 Å². The highest BCUT2D eigenvalue weighted by molar-refractivity contribution is 7.15. The molecule has 1 aromatic heterocycles. The normalized spacial score (nSPS) is 17.9. The highest BCUT2D eigenvalue weighted by Crippen LogP contribution is 2.30. The molecule has 3 N–H and O–H groups in total. The van der Waals surface area contributed by atoms with Gasteiger partial charge in [-0.25, -0.2) is 4.98 Å². The molecular weight excluding hydrogens is 310 g/mol. The summed E-state index contributed by atoms with van der Waals surface area (Å²) in [5.74, 6) is 0.0532. The van der Waals surface area contributed by atoms with Crippen LogP contribution in [0.3, 0.4) is 0 Å². The van der Waals surface area contributed by atoms with Crippen LogP contribution in [0.15, 0.2) is 6.20 Å². The summed E-state index contributed by atoms with van der Waals surface area (Å²) >= 11 is 1.51. The van der Waals surface area contributed by atoms with Crippen LogP contribution in [0.2, 0.25) is 0 Å². The van der Waals surface area contributed by atoms with Gasteiger partial charge in [-0.1, -0.05) is 20.8 Å². The number of carbonyl (C=O) groups is 1. The van der Waals surface area contributed by atoms with Gasteiger partial charge in [0.1, 0.15) is 0 Å². The second kappa shape index (κ2) is 7.54. The fraction of sp³-hybridized carbons (Fsp3) is 0.714. The molecule has 21 heavy (non-hydrogen) atoms. The zero-order chi connectivity index (χ0) is 14.8. The quantitative estimate of drug-likeness (QED) is 0.891. The van der Waals surface area contributed by atoms with Crippen molar-refractivity contribution in [3.8, 4) is 0 Å². The number of ether oxygens (including phenoxy) is 1. The number of aromatic nitrogens is 1. The van der Waals surface area contributed by atoms with Crippen molar-refractivity contribution in [1.82, 2.24) is 4.98 Å². The Morgan fingerprint density at radius 3 is 2.62 bits per heavy atom. The van der Waals surface area contributed by atoms with E-state index in [0.717, 1.165) is 17.7 Å². The lowest BCUT2D eigenvalue weighted by atomic mass is 9.92. The molecule has 0 spiro atoms. The lowest BCUT2D eigenvalue weighted by Crippen LogP contribution is -2.43. The number of hydrogen-bond acceptors (Lipinski definition) is 5. The molecule has 0 radical (unpaired) electrons. The van der Waals surface area contributed by atoms with Crippen LogP contribution in [-0.2, 0) is 14.9 Å². The van der Waals surface area contributed by atoms with Gasteiger partial charge in [0.05, 0.1) is 6.04 Å². The molecule has 0 bridgehead atoms. The van der Waals surface area contributed by atoms with E-state index < -0.39 is 6.04 Å². The summed E-state index contributed by atoms with van der Waals surface area (Å²) < 4.78 is 5.29. The molecule has 0 aromatic carbocycles. The van der Waals surface area contributed by atoms with Crippen LogP contribution < -0.4 is 11.1 Å². The number of hydrogen-bond donors (Lipinski definition) is 2. The maximum atomic E-state index is 12.2. The molecule has 2 heterocycles. The van der Waals surface area contributed by atoms with Gasteiger partial charge in [0.25, 0.3) is 0 Å². The number of nitrogens with two attached hydrogens (primary N) is 1. The highest BCUT2D eigenvalue weighted by Gasteiger charge is 2.27. The van der Waals surface area contributed by atoms with Crippen molar-refractivity contribution in [3.63, 3.8) is 0 Å². The van der Waals surface area contributed by atoms with Crippen molar-refractivity contribution >= 4 is 34.8 Å². The molecule has 5 nitrogen and oxygen atoms in total. The lowest BCUT2D eigenvalue weighted by Gasteiger charge is -2.26. The van der Waals surface area contributed by atoms with Gasteiger partial charge >= 0.3 is 0 Å². The Labute approximate surface area is 136 Å². The summed E-state index contributed by atoms with van der Waals surface area (Å²) in [6, 6.07) is -0.485. The Kier molecular flexibility index (Phi) is 6.59. The van der Waals surface area contributed by atoms with E-state index in [1.54, 1.807) is 0 Å². The van der Waals surface area contributed by atoms with E-state index in [4.69, 9.17) is 10.5 Å². The Morgan fingerprint density at radius 1 is 1.48 bits per heavy atom. The number of nitrogens with zero attached hydrogens (tertiary/aromatic N) is 1. The van der Waals surface area contributed by atoms with Gasteiger partial charge in [-0.15, -0.1) is 23.7 Å². The topological polar surface area (TPSA) is 77.2 Å². The lowest BCUT2D eigenvalue weighted by molar-refractivity contribution is -0.119. The first-order valence-electron chi connectivity index (χ1n) is 6.98. The molecule has 0 saturated carbocycles. The fourth-order valence-corrected chi connectivity index (χ4v) is 3.03. The van der Waals surface area contributed by atoms with Crippen molar-refractivity contribution in [2.24, 2.45) is 11.7 Å². The summed E-state index contributed by atoms with van der Waals surface area (Å²) in [5, 5.41) is 3.46. The number of anilines is 1. The molecule has 1 aromatic rings. The van der Waals surface area contributed by atoms with E-state index in [9.17, 15) is 4.79 Å². The van der Waals surface area contributed by atoms with Crippen LogP contribution in [-0.4, -0.2) is 30.1 Å². The summed E-state index contributed by atoms with van der Waals surface area (Å²) in [6.45, 7) is 7.76. The second-order valence-electron chi connectivity index (χ2n) is 6.24. The van der Waals surface area contributed by atoms with Crippen molar-refractivity contribution in [1.29, 1.82) is 0 Å². The molecule has 7 heteroatoms. The Hall–Kier alpha value is -0.690. The molecule has 1 amide bonds. The van der Waals surface area contributed by atoms with E-state index in [1.165, 1.54) is 11.3 Å². The first-order valence-corrected chi connectivity index (χ1v) is 7.80. The molecule has 1 aliphatic rings. The van der Waals surface area contributed by atoms with Crippen molar-refractivity contribution in [2.45, 2.75) is 45.1 Å². The van der Waals surface area contributed by atoms with E-state index >= 15 is 0 Å². The molecule has 1 atom stereocenters. The maximum absolute atomic E-state index is 12.2. The summed E-state index contributed by atoms with van der Waals surface area (Å²) in [5.41, 5.74) is 6.09. The van der Waals surface area contributed by atoms with Crippen molar-refractivity contribution in [3.05, 3.63) is 11.1 Å². The predicted octanol–water partition coefficient (Wildman–Crippen LogP) is 2.55. The predicted molar refractivity (Wildman–Crippen MR) is 88.2 cm³/mol. The number of thiazole rings is 1. The van der Waals surface area contributed by atoms with Gasteiger partial charge in [0, 0.05) is 24.3 Å². The van der Waals surface area contributed by atoms with Crippen LogP contribution in [0.1, 0.15) is 38.5 Å². The monoisotopic (exact) mass is 333 g/mol. The standard InChI is InChI=1S/C14H23N3O2S.ClH/c1-14(2,3)10-8-16-13(20-10)17-12(18)11(15)9-4-6-19-7-5-9;/h8-9,11H,4-7,15H2,1-3H3,(H,16,17,18);1H. The minimum atomic E-state index is -0.485. The van der Waals surface area contributed by atoms with E-state index in [1.807, 2.05) is 6.20 Å². The van der Waals surface area contributed by atoms with Gasteiger partial charge in [0.15, 0.2) is 5.13 Å². The molecule has 1 saturated heterocycles.